The van der Waals surface area contributed by atoms with Crippen LogP contribution in [0.4, 0.5) is 10.1 Å². The Morgan fingerprint density at radius 3 is 2.25 bits per heavy atom. The molecule has 1 aliphatic heterocycles. The molecule has 2 atom stereocenters. The van der Waals surface area contributed by atoms with E-state index in [1.165, 1.54) is 48.1 Å². The number of rotatable bonds is 7. The van der Waals surface area contributed by atoms with E-state index in [2.05, 4.69) is 5.32 Å². The Morgan fingerprint density at radius 2 is 1.64 bits per heavy atom. The number of hydrogen-bond donors (Lipinski definition) is 2. The number of nitrogens with zero attached hydrogens (tertiary/aromatic N) is 2. The lowest BCUT2D eigenvalue weighted by atomic mass is 9.48. The normalized spacial score (nSPS) is 29.5. The lowest BCUT2D eigenvalue weighted by Gasteiger charge is -2.58. The second-order valence-corrected chi connectivity index (χ2v) is 13.4. The number of Topliss-reactive ketones (excluding diaryl/α,β-unsaturated/α-hetero) is 1. The molecule has 0 spiro atoms. The van der Waals surface area contributed by atoms with E-state index in [4.69, 9.17) is 0 Å². The number of amides is 3. The summed E-state index contributed by atoms with van der Waals surface area (Å²) in [5, 5.41) is 11.6. The topological polar surface area (TPSA) is 124 Å². The van der Waals surface area contributed by atoms with Crippen molar-refractivity contribution in [3.05, 3.63) is 65.5 Å². The molecule has 0 unspecified atom stereocenters. The summed E-state index contributed by atoms with van der Waals surface area (Å²) in [7, 11) is 0. The van der Waals surface area contributed by atoms with E-state index in [0.717, 1.165) is 19.3 Å². The fraction of sp³-hybridized carbons (Fsp3) is 0.500. The summed E-state index contributed by atoms with van der Waals surface area (Å²) in [5.74, 6) is -2.28. The first-order chi connectivity index (χ1) is 21.0. The zero-order chi connectivity index (χ0) is 31.2. The van der Waals surface area contributed by atoms with Crippen LogP contribution in [0.15, 0.2) is 48.5 Å². The predicted molar refractivity (Wildman–Crippen MR) is 159 cm³/mol. The van der Waals surface area contributed by atoms with Crippen molar-refractivity contribution in [1.29, 1.82) is 0 Å². The van der Waals surface area contributed by atoms with Crippen LogP contribution in [-0.4, -0.2) is 58.1 Å². The number of benzene rings is 2. The second-order valence-electron chi connectivity index (χ2n) is 13.4. The number of aliphatic carboxylic acids is 1. The highest BCUT2D eigenvalue weighted by Gasteiger charge is 2.54. The summed E-state index contributed by atoms with van der Waals surface area (Å²) in [6.07, 6.45) is 6.32. The molecule has 9 nitrogen and oxygen atoms in total. The van der Waals surface area contributed by atoms with Gasteiger partial charge >= 0.3 is 5.97 Å². The number of para-hydroxylation sites is 1. The molecule has 0 saturated heterocycles. The van der Waals surface area contributed by atoms with Crippen molar-refractivity contribution in [2.75, 3.05) is 11.4 Å². The Hall–Kier alpha value is -4.08. The predicted octanol–water partition coefficient (Wildman–Crippen LogP) is 4.34. The Bertz CT molecular complexity index is 1470. The van der Waals surface area contributed by atoms with Gasteiger partial charge in [-0.25, -0.2) is 4.39 Å². The van der Waals surface area contributed by atoms with Gasteiger partial charge in [0.25, 0.3) is 0 Å². The molecule has 232 valence electrons. The van der Waals surface area contributed by atoms with Crippen LogP contribution in [0, 0.1) is 29.0 Å². The smallest absolute Gasteiger partial charge is 0.322 e. The number of carboxylic acids is 1. The minimum Gasteiger partial charge on any atom is -0.480 e. The van der Waals surface area contributed by atoms with Gasteiger partial charge in [-0.2, -0.15) is 0 Å². The van der Waals surface area contributed by atoms with Gasteiger partial charge in [-0.05, 0) is 97.9 Å². The van der Waals surface area contributed by atoms with Crippen molar-refractivity contribution in [2.45, 2.75) is 76.9 Å². The summed E-state index contributed by atoms with van der Waals surface area (Å²) in [6, 6.07) is 10.0. The zero-order valence-electron chi connectivity index (χ0n) is 24.8. The van der Waals surface area contributed by atoms with Gasteiger partial charge in [0.15, 0.2) is 5.78 Å². The molecule has 4 bridgehead atoms. The van der Waals surface area contributed by atoms with Crippen molar-refractivity contribution in [1.82, 2.24) is 10.2 Å². The summed E-state index contributed by atoms with van der Waals surface area (Å²) in [4.78, 5) is 70.0. The summed E-state index contributed by atoms with van der Waals surface area (Å²) >= 11 is 0. The maximum Gasteiger partial charge on any atom is 0.322 e. The van der Waals surface area contributed by atoms with E-state index < -0.39 is 60.3 Å². The van der Waals surface area contributed by atoms with Crippen LogP contribution in [0.3, 0.4) is 0 Å². The standard InChI is InChI=1S/C34H38FN3O6/c1-20(39)38-28(32(43)36-18-31(41)42)13-30(40)26-7-2-3-8-27(26)37(19-21-5-4-6-25(35)12-21)33(44)29(38)17-34-14-22-9-23(15-34)11-24(10-22)16-34/h2-8,12,22-24,28-29H,9-11,13-19H2,1H3,(H,36,43)(H,41,42)/t22?,23?,24?,28-,29+,34?/m0/s1. The number of carboxylic acid groups (broad SMARTS) is 1. The summed E-state index contributed by atoms with van der Waals surface area (Å²) in [5.41, 5.74) is 0.857. The van der Waals surface area contributed by atoms with E-state index in [0.29, 0.717) is 35.4 Å². The molecule has 2 N–H and O–H groups in total. The van der Waals surface area contributed by atoms with Crippen molar-refractivity contribution >= 4 is 35.2 Å². The van der Waals surface area contributed by atoms with Gasteiger partial charge in [0.1, 0.15) is 24.4 Å². The molecule has 4 saturated carbocycles. The van der Waals surface area contributed by atoms with Gasteiger partial charge in [0.2, 0.25) is 17.7 Å². The molecule has 3 amide bonds. The van der Waals surface area contributed by atoms with Crippen molar-refractivity contribution < 1.29 is 33.5 Å². The quantitative estimate of drug-likeness (QED) is 0.486. The van der Waals surface area contributed by atoms with Crippen molar-refractivity contribution in [2.24, 2.45) is 23.2 Å². The highest BCUT2D eigenvalue weighted by molar-refractivity contribution is 6.10. The van der Waals surface area contributed by atoms with Crippen LogP contribution in [0.5, 0.6) is 0 Å². The number of carbonyl (C=O) groups excluding carboxylic acids is 4. The van der Waals surface area contributed by atoms with Gasteiger partial charge in [0, 0.05) is 18.9 Å². The zero-order valence-corrected chi connectivity index (χ0v) is 24.8. The molecule has 44 heavy (non-hydrogen) atoms. The molecule has 4 fully saturated rings. The third kappa shape index (κ3) is 5.86. The molecule has 4 aliphatic carbocycles. The highest BCUT2D eigenvalue weighted by Crippen LogP contribution is 2.62. The molecular formula is C34H38FN3O6. The number of carbonyl (C=O) groups is 5. The first-order valence-corrected chi connectivity index (χ1v) is 15.5. The van der Waals surface area contributed by atoms with Crippen molar-refractivity contribution in [3.63, 3.8) is 0 Å². The molecule has 0 aromatic heterocycles. The third-order valence-electron chi connectivity index (χ3n) is 10.2. The number of halogens is 1. The molecule has 1 heterocycles. The lowest BCUT2D eigenvalue weighted by molar-refractivity contribution is -0.150. The van der Waals surface area contributed by atoms with E-state index in [-0.39, 0.29) is 17.5 Å². The lowest BCUT2D eigenvalue weighted by Crippen LogP contribution is -2.60. The summed E-state index contributed by atoms with van der Waals surface area (Å²) < 4.78 is 14.3. The van der Waals surface area contributed by atoms with Gasteiger partial charge in [-0.1, -0.05) is 24.3 Å². The minimum absolute atomic E-state index is 0.0418. The first kappa shape index (κ1) is 30.0. The Balaban J connectivity index is 1.48. The monoisotopic (exact) mass is 603 g/mol. The Labute approximate surface area is 255 Å². The van der Waals surface area contributed by atoms with Crippen LogP contribution in [0.2, 0.25) is 0 Å². The van der Waals surface area contributed by atoms with Crippen LogP contribution >= 0.6 is 0 Å². The molecule has 2 aromatic carbocycles. The number of nitrogens with one attached hydrogen (secondary N) is 1. The van der Waals surface area contributed by atoms with Crippen LogP contribution in [0.25, 0.3) is 0 Å². The maximum absolute atomic E-state index is 15.0. The molecule has 5 aliphatic rings. The SMILES string of the molecule is CC(=O)N1[C@H](CC23CC4CC(CC(C4)C2)C3)C(=O)N(Cc2cccc(F)c2)c2ccccc2C(=O)C[C@H]1C(=O)NCC(=O)O. The number of ketones is 1. The third-order valence-corrected chi connectivity index (χ3v) is 10.2. The van der Waals surface area contributed by atoms with E-state index >= 15 is 0 Å². The number of fused-ring (bicyclic) bond motifs is 1. The Morgan fingerprint density at radius 1 is 0.977 bits per heavy atom. The van der Waals surface area contributed by atoms with Gasteiger partial charge in [-0.15, -0.1) is 0 Å². The largest absolute Gasteiger partial charge is 0.480 e. The molecule has 2 aromatic rings. The number of hydrogen-bond acceptors (Lipinski definition) is 5. The van der Waals surface area contributed by atoms with E-state index in [1.807, 2.05) is 0 Å². The minimum atomic E-state index is -1.38. The first-order valence-electron chi connectivity index (χ1n) is 15.5. The van der Waals surface area contributed by atoms with Crippen molar-refractivity contribution in [3.8, 4) is 0 Å². The van der Waals surface area contributed by atoms with Gasteiger partial charge in [0.05, 0.1) is 12.2 Å². The highest BCUT2D eigenvalue weighted by atomic mass is 19.1. The Kier molecular flexibility index (Phi) is 8.02. The fourth-order valence-corrected chi connectivity index (χ4v) is 9.02. The van der Waals surface area contributed by atoms with E-state index in [1.54, 1.807) is 36.4 Å². The van der Waals surface area contributed by atoms with Crippen LogP contribution in [0.1, 0.15) is 74.2 Å². The number of anilines is 1. The van der Waals surface area contributed by atoms with Crippen LogP contribution in [-0.2, 0) is 25.7 Å². The molecule has 10 heteroatoms. The molecule has 0 radical (unpaired) electrons. The molecule has 7 rings (SSSR count). The van der Waals surface area contributed by atoms with Gasteiger partial charge in [-0.3, -0.25) is 24.0 Å². The second kappa shape index (κ2) is 11.8. The fourth-order valence-electron chi connectivity index (χ4n) is 9.02. The average Bonchev–Trinajstić information content (AvgIpc) is 2.99. The van der Waals surface area contributed by atoms with Crippen LogP contribution < -0.4 is 10.2 Å². The maximum atomic E-state index is 15.0. The molecular weight excluding hydrogens is 565 g/mol. The van der Waals surface area contributed by atoms with E-state index in [9.17, 15) is 33.5 Å². The van der Waals surface area contributed by atoms with Gasteiger partial charge < -0.3 is 20.2 Å². The summed E-state index contributed by atoms with van der Waals surface area (Å²) in [6.45, 7) is 0.550. The average molecular weight is 604 g/mol.